The number of anilines is 2. The predicted octanol–water partition coefficient (Wildman–Crippen LogP) is 5.50. The third-order valence-corrected chi connectivity index (χ3v) is 7.13. The first-order chi connectivity index (χ1) is 15.6. The maximum Gasteiger partial charge on any atom is 0.264 e. The van der Waals surface area contributed by atoms with E-state index >= 15 is 0 Å². The number of carbonyl (C=O) groups is 1. The molecule has 0 aliphatic heterocycles. The molecule has 0 aromatic heterocycles. The zero-order valence-electron chi connectivity index (χ0n) is 17.5. The quantitative estimate of drug-likeness (QED) is 0.417. The van der Waals surface area contributed by atoms with Crippen LogP contribution in [0.1, 0.15) is 0 Å². The lowest BCUT2D eigenvalue weighted by Crippen LogP contribution is -2.38. The van der Waals surface area contributed by atoms with Crippen LogP contribution in [0.2, 0.25) is 15.1 Å². The van der Waals surface area contributed by atoms with Crippen molar-refractivity contribution in [2.75, 3.05) is 30.4 Å². The number of nitrogens with one attached hydrogen (secondary N) is 1. The molecule has 1 amide bonds. The van der Waals surface area contributed by atoms with Gasteiger partial charge in [-0.1, -0.05) is 34.8 Å². The predicted molar refractivity (Wildman–Crippen MR) is 131 cm³/mol. The Hall–Kier alpha value is -2.65. The fourth-order valence-corrected chi connectivity index (χ4v) is 4.84. The highest BCUT2D eigenvalue weighted by Gasteiger charge is 2.28. The number of nitrogens with zero attached hydrogens (tertiary/aromatic N) is 1. The summed E-state index contributed by atoms with van der Waals surface area (Å²) in [4.78, 5) is 12.7. The van der Waals surface area contributed by atoms with E-state index in [2.05, 4.69) is 5.32 Å². The largest absolute Gasteiger partial charge is 0.493 e. The minimum atomic E-state index is -4.20. The summed E-state index contributed by atoms with van der Waals surface area (Å²) in [5.41, 5.74) is 0.496. The van der Waals surface area contributed by atoms with Crippen LogP contribution in [-0.4, -0.2) is 35.1 Å². The minimum Gasteiger partial charge on any atom is -0.493 e. The zero-order valence-corrected chi connectivity index (χ0v) is 20.6. The van der Waals surface area contributed by atoms with Crippen LogP contribution in [-0.2, 0) is 14.8 Å². The van der Waals surface area contributed by atoms with E-state index < -0.39 is 22.5 Å². The van der Waals surface area contributed by atoms with Crippen molar-refractivity contribution in [1.82, 2.24) is 0 Å². The van der Waals surface area contributed by atoms with Crippen LogP contribution in [0.25, 0.3) is 0 Å². The van der Waals surface area contributed by atoms with Crippen molar-refractivity contribution in [3.63, 3.8) is 0 Å². The summed E-state index contributed by atoms with van der Waals surface area (Å²) in [6.45, 7) is -0.541. The first-order valence-corrected chi connectivity index (χ1v) is 12.0. The number of amides is 1. The molecule has 0 radical (unpaired) electrons. The molecule has 33 heavy (non-hydrogen) atoms. The number of methoxy groups -OCH3 is 2. The Kier molecular flexibility index (Phi) is 7.97. The highest BCUT2D eigenvalue weighted by atomic mass is 35.5. The molecular formula is C22H19Cl3N2O5S. The third-order valence-electron chi connectivity index (χ3n) is 4.55. The number of hydrogen-bond acceptors (Lipinski definition) is 5. The van der Waals surface area contributed by atoms with Crippen molar-refractivity contribution in [2.24, 2.45) is 0 Å². The van der Waals surface area contributed by atoms with E-state index in [1.807, 2.05) is 0 Å². The first-order valence-electron chi connectivity index (χ1n) is 9.41. The van der Waals surface area contributed by atoms with Gasteiger partial charge in [-0.15, -0.1) is 0 Å². The number of rotatable bonds is 8. The molecule has 0 atom stereocenters. The van der Waals surface area contributed by atoms with E-state index in [1.54, 1.807) is 6.07 Å². The Morgan fingerprint density at radius 1 is 0.879 bits per heavy atom. The normalized spacial score (nSPS) is 11.1. The lowest BCUT2D eigenvalue weighted by atomic mass is 10.3. The van der Waals surface area contributed by atoms with Gasteiger partial charge in [0.1, 0.15) is 6.54 Å². The minimum absolute atomic E-state index is 0.0938. The van der Waals surface area contributed by atoms with E-state index in [0.29, 0.717) is 15.8 Å². The number of carbonyl (C=O) groups excluding carboxylic acids is 1. The first kappa shape index (κ1) is 25.0. The van der Waals surface area contributed by atoms with Crippen LogP contribution in [0.5, 0.6) is 11.5 Å². The van der Waals surface area contributed by atoms with Crippen molar-refractivity contribution in [1.29, 1.82) is 0 Å². The van der Waals surface area contributed by atoms with Crippen LogP contribution < -0.4 is 19.1 Å². The summed E-state index contributed by atoms with van der Waals surface area (Å²) in [5.74, 6) is -0.0363. The lowest BCUT2D eigenvalue weighted by Gasteiger charge is -2.24. The van der Waals surface area contributed by atoms with Gasteiger partial charge < -0.3 is 14.8 Å². The topological polar surface area (TPSA) is 84.9 Å². The third kappa shape index (κ3) is 5.83. The van der Waals surface area contributed by atoms with Crippen molar-refractivity contribution in [2.45, 2.75) is 4.90 Å². The molecule has 3 aromatic carbocycles. The number of hydrogen-bond donors (Lipinski definition) is 1. The van der Waals surface area contributed by atoms with Gasteiger partial charge in [0.25, 0.3) is 10.0 Å². The molecule has 7 nitrogen and oxygen atoms in total. The molecule has 1 N–H and O–H groups in total. The Morgan fingerprint density at radius 3 is 2.15 bits per heavy atom. The number of ether oxygens (including phenoxy) is 2. The summed E-state index contributed by atoms with van der Waals surface area (Å²) >= 11 is 18.0. The van der Waals surface area contributed by atoms with Gasteiger partial charge in [0, 0.05) is 16.1 Å². The van der Waals surface area contributed by atoms with Gasteiger partial charge in [-0.3, -0.25) is 9.10 Å². The van der Waals surface area contributed by atoms with Crippen LogP contribution in [0.4, 0.5) is 11.4 Å². The average molecular weight is 530 g/mol. The highest BCUT2D eigenvalue weighted by molar-refractivity contribution is 7.92. The van der Waals surface area contributed by atoms with Gasteiger partial charge in [0.15, 0.2) is 11.5 Å². The Labute approximate surface area is 206 Å². The molecule has 0 unspecified atom stereocenters. The molecule has 3 rings (SSSR count). The molecule has 0 aliphatic carbocycles. The second kappa shape index (κ2) is 10.5. The lowest BCUT2D eigenvalue weighted by molar-refractivity contribution is -0.114. The van der Waals surface area contributed by atoms with Crippen molar-refractivity contribution < 1.29 is 22.7 Å². The van der Waals surface area contributed by atoms with Crippen LogP contribution in [0.3, 0.4) is 0 Å². The molecule has 0 saturated carbocycles. The summed E-state index contributed by atoms with van der Waals surface area (Å²) in [6.07, 6.45) is 0. The summed E-state index contributed by atoms with van der Waals surface area (Å²) in [7, 11) is -1.36. The molecule has 0 aliphatic rings. The van der Waals surface area contributed by atoms with E-state index in [0.717, 1.165) is 4.31 Å². The molecule has 0 heterocycles. The SMILES string of the molecule is COc1ccc(S(=O)(=O)N(CC(=O)Nc2cc(Cl)ccc2Cl)c2ccc(Cl)cc2)cc1OC. The average Bonchev–Trinajstić information content (AvgIpc) is 2.80. The van der Waals surface area contributed by atoms with Gasteiger partial charge in [-0.25, -0.2) is 8.42 Å². The molecule has 3 aromatic rings. The second-order valence-corrected chi connectivity index (χ2v) is 9.82. The van der Waals surface area contributed by atoms with Crippen LogP contribution >= 0.6 is 34.8 Å². The number of benzene rings is 3. The van der Waals surface area contributed by atoms with Gasteiger partial charge in [0.05, 0.1) is 35.5 Å². The van der Waals surface area contributed by atoms with E-state index in [4.69, 9.17) is 44.3 Å². The summed E-state index contributed by atoms with van der Waals surface area (Å²) < 4.78 is 38.5. The van der Waals surface area contributed by atoms with Gasteiger partial charge in [-0.2, -0.15) is 0 Å². The zero-order chi connectivity index (χ0) is 24.2. The Bertz CT molecular complexity index is 1270. The van der Waals surface area contributed by atoms with Crippen molar-refractivity contribution in [3.8, 4) is 11.5 Å². The summed E-state index contributed by atoms with van der Waals surface area (Å²) in [6, 6.07) is 14.8. The standard InChI is InChI=1S/C22H19Cl3N2O5S/c1-31-20-10-8-17(12-21(20)32-2)33(29,30)27(16-6-3-14(23)4-7-16)13-22(28)26-19-11-15(24)5-9-18(19)25/h3-12H,13H2,1-2H3,(H,26,28). The smallest absolute Gasteiger partial charge is 0.264 e. The van der Waals surface area contributed by atoms with Gasteiger partial charge in [-0.05, 0) is 54.6 Å². The maximum atomic E-state index is 13.6. The molecule has 0 bridgehead atoms. The van der Waals surface area contributed by atoms with E-state index in [9.17, 15) is 13.2 Å². The van der Waals surface area contributed by atoms with E-state index in [1.165, 1.54) is 68.8 Å². The molecule has 174 valence electrons. The molecule has 11 heteroatoms. The Balaban J connectivity index is 2.00. The highest BCUT2D eigenvalue weighted by Crippen LogP contribution is 2.33. The molecule has 0 saturated heterocycles. The maximum absolute atomic E-state index is 13.6. The fraction of sp³-hybridized carbons (Fsp3) is 0.136. The van der Waals surface area contributed by atoms with Gasteiger partial charge in [0.2, 0.25) is 5.91 Å². The number of halogens is 3. The monoisotopic (exact) mass is 528 g/mol. The Morgan fingerprint density at radius 2 is 1.52 bits per heavy atom. The molecule has 0 fully saturated rings. The van der Waals surface area contributed by atoms with E-state index in [-0.39, 0.29) is 27.0 Å². The van der Waals surface area contributed by atoms with Crippen LogP contribution in [0.15, 0.2) is 65.6 Å². The summed E-state index contributed by atoms with van der Waals surface area (Å²) in [5, 5.41) is 3.63. The van der Waals surface area contributed by atoms with Crippen molar-refractivity contribution in [3.05, 3.63) is 75.7 Å². The van der Waals surface area contributed by atoms with Gasteiger partial charge >= 0.3 is 0 Å². The van der Waals surface area contributed by atoms with Crippen LogP contribution in [0, 0.1) is 0 Å². The van der Waals surface area contributed by atoms with Crippen molar-refractivity contribution >= 4 is 62.1 Å². The second-order valence-electron chi connectivity index (χ2n) is 6.68. The fourth-order valence-electron chi connectivity index (χ4n) is 2.94. The number of sulfonamides is 1. The molecular weight excluding hydrogens is 511 g/mol. The molecule has 0 spiro atoms.